The normalized spacial score (nSPS) is 11.3. The van der Waals surface area contributed by atoms with Gasteiger partial charge in [-0.1, -0.05) is 55.8 Å². The molecule has 0 aliphatic rings. The summed E-state index contributed by atoms with van der Waals surface area (Å²) in [5, 5.41) is 10.7. The van der Waals surface area contributed by atoms with Crippen molar-refractivity contribution in [3.63, 3.8) is 0 Å². The highest BCUT2D eigenvalue weighted by Crippen LogP contribution is 2.35. The number of para-hydroxylation sites is 1. The number of carbonyl (C=O) groups is 1. The van der Waals surface area contributed by atoms with E-state index in [1.54, 1.807) is 18.2 Å². The van der Waals surface area contributed by atoms with Crippen LogP contribution in [0, 0.1) is 0 Å². The second kappa shape index (κ2) is 8.98. The van der Waals surface area contributed by atoms with Gasteiger partial charge in [0, 0.05) is 23.1 Å². The van der Waals surface area contributed by atoms with Crippen LogP contribution in [0.5, 0.6) is 5.75 Å². The number of aromatic hydroxyl groups is 1. The van der Waals surface area contributed by atoms with Crippen molar-refractivity contribution in [2.45, 2.75) is 32.7 Å². The van der Waals surface area contributed by atoms with Crippen molar-refractivity contribution in [1.29, 1.82) is 0 Å². The Morgan fingerprint density at radius 3 is 2.59 bits per heavy atom. The first-order chi connectivity index (χ1) is 16.6. The zero-order chi connectivity index (χ0) is 23.7. The minimum absolute atomic E-state index is 0.241. The van der Waals surface area contributed by atoms with Gasteiger partial charge < -0.3 is 15.4 Å². The molecule has 0 spiro atoms. The Kier molecular flexibility index (Phi) is 5.72. The number of primary amides is 1. The molecule has 0 unspecified atom stereocenters. The number of benzene rings is 3. The van der Waals surface area contributed by atoms with Gasteiger partial charge in [-0.25, -0.2) is 9.97 Å². The molecule has 3 aromatic carbocycles. The number of amides is 1. The molecule has 34 heavy (non-hydrogen) atoms. The molecule has 0 bridgehead atoms. The van der Waals surface area contributed by atoms with Crippen LogP contribution in [0.25, 0.3) is 33.2 Å². The lowest BCUT2D eigenvalue weighted by atomic mass is 9.93. The van der Waals surface area contributed by atoms with Crippen molar-refractivity contribution in [1.82, 2.24) is 14.5 Å². The molecule has 0 atom stereocenters. The van der Waals surface area contributed by atoms with Crippen LogP contribution in [0.3, 0.4) is 0 Å². The molecule has 0 radical (unpaired) electrons. The van der Waals surface area contributed by atoms with Gasteiger partial charge in [-0.3, -0.25) is 4.79 Å². The van der Waals surface area contributed by atoms with E-state index in [-0.39, 0.29) is 5.75 Å². The van der Waals surface area contributed by atoms with E-state index in [2.05, 4.69) is 17.6 Å². The molecule has 170 valence electrons. The van der Waals surface area contributed by atoms with E-state index in [9.17, 15) is 9.90 Å². The highest BCUT2D eigenvalue weighted by molar-refractivity contribution is 6.08. The second-order valence-corrected chi connectivity index (χ2v) is 8.51. The minimum atomic E-state index is -0.428. The van der Waals surface area contributed by atoms with Gasteiger partial charge >= 0.3 is 0 Å². The van der Waals surface area contributed by atoms with Gasteiger partial charge in [0.25, 0.3) is 0 Å². The molecule has 2 aromatic heterocycles. The number of pyridine rings is 1. The van der Waals surface area contributed by atoms with Gasteiger partial charge in [-0.05, 0) is 48.2 Å². The molecule has 0 aliphatic heterocycles. The molecule has 2 heterocycles. The number of imidazole rings is 1. The zero-order valence-corrected chi connectivity index (χ0v) is 19.0. The number of aromatic nitrogens is 3. The Morgan fingerprint density at radius 2 is 1.82 bits per heavy atom. The predicted octanol–water partition coefficient (Wildman–Crippen LogP) is 5.45. The monoisotopic (exact) mass is 450 g/mol. The van der Waals surface area contributed by atoms with E-state index in [1.807, 2.05) is 48.8 Å². The number of fused-ring (bicyclic) bond motifs is 3. The van der Waals surface area contributed by atoms with Crippen LogP contribution in [0.1, 0.15) is 41.3 Å². The molecular formula is C28H26N4O2. The first-order valence-corrected chi connectivity index (χ1v) is 11.5. The van der Waals surface area contributed by atoms with Crippen LogP contribution in [0.4, 0.5) is 0 Å². The molecule has 0 aliphatic carbocycles. The van der Waals surface area contributed by atoms with Gasteiger partial charge in [-0.15, -0.1) is 0 Å². The predicted molar refractivity (Wildman–Crippen MR) is 135 cm³/mol. The van der Waals surface area contributed by atoms with Crippen molar-refractivity contribution in [3.8, 4) is 17.0 Å². The summed E-state index contributed by atoms with van der Waals surface area (Å²) >= 11 is 0. The maximum atomic E-state index is 12.2. The van der Waals surface area contributed by atoms with Crippen molar-refractivity contribution in [3.05, 3.63) is 89.7 Å². The molecule has 1 amide bonds. The number of phenolic OH excluding ortho intramolecular Hbond substituents is 1. The molecule has 5 aromatic rings. The van der Waals surface area contributed by atoms with Crippen molar-refractivity contribution in [2.24, 2.45) is 5.73 Å². The average molecular weight is 451 g/mol. The molecule has 0 fully saturated rings. The summed E-state index contributed by atoms with van der Waals surface area (Å²) in [5.41, 5.74) is 12.6. The fourth-order valence-electron chi connectivity index (χ4n) is 4.55. The minimum Gasteiger partial charge on any atom is -0.508 e. The van der Waals surface area contributed by atoms with Crippen molar-refractivity contribution < 1.29 is 9.90 Å². The average Bonchev–Trinajstić information content (AvgIpc) is 3.27. The summed E-state index contributed by atoms with van der Waals surface area (Å²) in [5.74, 6) is -0.187. The summed E-state index contributed by atoms with van der Waals surface area (Å²) in [6.07, 6.45) is 4.53. The van der Waals surface area contributed by atoms with Gasteiger partial charge in [0.2, 0.25) is 5.91 Å². The van der Waals surface area contributed by atoms with E-state index in [0.717, 1.165) is 63.6 Å². The third kappa shape index (κ3) is 3.88. The summed E-state index contributed by atoms with van der Waals surface area (Å²) in [4.78, 5) is 22.0. The Morgan fingerprint density at radius 1 is 1.03 bits per heavy atom. The Balaban J connectivity index is 1.76. The lowest BCUT2D eigenvalue weighted by molar-refractivity contribution is 0.0999. The Labute approximate surface area is 197 Å². The highest BCUT2D eigenvalue weighted by atomic mass is 16.3. The van der Waals surface area contributed by atoms with Crippen molar-refractivity contribution in [2.75, 3.05) is 0 Å². The maximum Gasteiger partial charge on any atom is 0.248 e. The van der Waals surface area contributed by atoms with E-state index >= 15 is 0 Å². The number of carbonyl (C=O) groups excluding carboxylic acids is 1. The number of phenols is 1. The number of hydrogen-bond acceptors (Lipinski definition) is 4. The maximum absolute atomic E-state index is 12.2. The Hall–Kier alpha value is -4.19. The topological polar surface area (TPSA) is 94.0 Å². The van der Waals surface area contributed by atoms with Crippen LogP contribution in [0.2, 0.25) is 0 Å². The van der Waals surface area contributed by atoms with Crippen LogP contribution >= 0.6 is 0 Å². The van der Waals surface area contributed by atoms with Crippen LogP contribution < -0.4 is 5.73 Å². The number of hydrogen-bond donors (Lipinski definition) is 2. The summed E-state index contributed by atoms with van der Waals surface area (Å²) < 4.78 is 2.11. The first kappa shape index (κ1) is 21.6. The van der Waals surface area contributed by atoms with Gasteiger partial charge in [0.1, 0.15) is 11.3 Å². The van der Waals surface area contributed by atoms with Crippen molar-refractivity contribution >= 4 is 27.8 Å². The molecular weight excluding hydrogens is 424 g/mol. The summed E-state index contributed by atoms with van der Waals surface area (Å²) in [6, 6.07) is 20.9. The number of nitrogens with two attached hydrogens (primary N) is 1. The van der Waals surface area contributed by atoms with E-state index < -0.39 is 5.91 Å². The van der Waals surface area contributed by atoms with E-state index in [4.69, 9.17) is 15.7 Å². The molecule has 6 nitrogen and oxygen atoms in total. The smallest absolute Gasteiger partial charge is 0.248 e. The van der Waals surface area contributed by atoms with E-state index in [0.29, 0.717) is 12.1 Å². The Bertz CT molecular complexity index is 1500. The quantitative estimate of drug-likeness (QED) is 0.345. The summed E-state index contributed by atoms with van der Waals surface area (Å²) in [7, 11) is 0. The van der Waals surface area contributed by atoms with Crippen LogP contribution in [-0.4, -0.2) is 25.5 Å². The molecule has 0 saturated heterocycles. The molecule has 3 N–H and O–H groups in total. The third-order valence-corrected chi connectivity index (χ3v) is 6.22. The van der Waals surface area contributed by atoms with Gasteiger partial charge in [0.05, 0.1) is 23.1 Å². The molecule has 5 rings (SSSR count). The van der Waals surface area contributed by atoms with Gasteiger partial charge in [-0.2, -0.15) is 0 Å². The fourth-order valence-corrected chi connectivity index (χ4v) is 4.55. The van der Waals surface area contributed by atoms with Crippen LogP contribution in [0.15, 0.2) is 73.1 Å². The lowest BCUT2D eigenvalue weighted by Crippen LogP contribution is -2.14. The second-order valence-electron chi connectivity index (χ2n) is 8.51. The molecule has 6 heteroatoms. The zero-order valence-electron chi connectivity index (χ0n) is 19.0. The fraction of sp³-hybridized carbons (Fsp3) is 0.179. The first-order valence-electron chi connectivity index (χ1n) is 11.5. The standard InChI is InChI=1S/C28H26N4O2/c1-2-3-7-20-21(9-6-10-22(20)28(29)34)25-26-27(23-8-4-5-11-24(23)31-25)32(17-30-26)16-18-12-14-19(33)15-13-18/h4-6,8-15,17,33H,2-3,7,16H2,1H3,(H2,29,34). The highest BCUT2D eigenvalue weighted by Gasteiger charge is 2.20. The largest absolute Gasteiger partial charge is 0.508 e. The molecule has 0 saturated carbocycles. The third-order valence-electron chi connectivity index (χ3n) is 6.22. The number of nitrogens with zero attached hydrogens (tertiary/aromatic N) is 3. The van der Waals surface area contributed by atoms with Crippen LogP contribution in [-0.2, 0) is 13.0 Å². The SMILES string of the molecule is CCCCc1c(C(N)=O)cccc1-c1nc2ccccc2c2c1ncn2Cc1ccc(O)cc1. The number of unbranched alkanes of at least 4 members (excludes halogenated alkanes) is 1. The van der Waals surface area contributed by atoms with E-state index in [1.165, 1.54) is 0 Å². The lowest BCUT2D eigenvalue weighted by Gasteiger charge is -2.15. The van der Waals surface area contributed by atoms with Gasteiger partial charge in [0.15, 0.2) is 0 Å². The number of rotatable bonds is 7. The summed E-state index contributed by atoms with van der Waals surface area (Å²) in [6.45, 7) is 2.73.